The third kappa shape index (κ3) is 5.18. The van der Waals surface area contributed by atoms with E-state index < -0.39 is 11.7 Å². The average Bonchev–Trinajstić information content (AvgIpc) is 3.27. The standard InChI is InChI=1S/C23H28F3N5O2.ClH/c24-23(25,26)19-3-1-16(2-4-19)17-9-20(31-14-21(28-15-31)18-10-27-11-18)13-30(12-17)22(32)29-5-7-33-8-6-29;/h1-4,14-15,17-18,20,27H,5-13H2;1H. The molecule has 34 heavy (non-hydrogen) atoms. The van der Waals surface area contributed by atoms with Crippen LogP contribution >= 0.6 is 12.4 Å². The van der Waals surface area contributed by atoms with Crippen LogP contribution in [0.4, 0.5) is 18.0 Å². The molecule has 0 aliphatic carbocycles. The van der Waals surface area contributed by atoms with Gasteiger partial charge in [-0.25, -0.2) is 9.78 Å². The van der Waals surface area contributed by atoms with Crippen molar-refractivity contribution in [2.45, 2.75) is 30.5 Å². The highest BCUT2D eigenvalue weighted by molar-refractivity contribution is 5.85. The number of morpholine rings is 1. The molecule has 2 atom stereocenters. The average molecular weight is 500 g/mol. The monoisotopic (exact) mass is 499 g/mol. The first-order valence-electron chi connectivity index (χ1n) is 11.4. The number of piperidine rings is 1. The lowest BCUT2D eigenvalue weighted by Gasteiger charge is -2.41. The van der Waals surface area contributed by atoms with E-state index in [2.05, 4.69) is 21.1 Å². The van der Waals surface area contributed by atoms with Gasteiger partial charge in [0.1, 0.15) is 0 Å². The maximum Gasteiger partial charge on any atom is 0.416 e. The molecule has 4 heterocycles. The number of urea groups is 1. The van der Waals surface area contributed by atoms with Crippen molar-refractivity contribution in [3.05, 3.63) is 53.6 Å². The van der Waals surface area contributed by atoms with Crippen LogP contribution in [0.25, 0.3) is 0 Å². The van der Waals surface area contributed by atoms with Crippen molar-refractivity contribution in [1.29, 1.82) is 0 Å². The number of carbonyl (C=O) groups is 1. The largest absolute Gasteiger partial charge is 0.416 e. The van der Waals surface area contributed by atoms with Gasteiger partial charge in [-0.15, -0.1) is 12.4 Å². The topological polar surface area (TPSA) is 62.6 Å². The second-order valence-electron chi connectivity index (χ2n) is 9.09. The van der Waals surface area contributed by atoms with Crippen LogP contribution in [0.5, 0.6) is 0 Å². The number of aromatic nitrogens is 2. The van der Waals surface area contributed by atoms with Gasteiger partial charge >= 0.3 is 12.2 Å². The van der Waals surface area contributed by atoms with Gasteiger partial charge < -0.3 is 24.4 Å². The zero-order valence-electron chi connectivity index (χ0n) is 18.7. The van der Waals surface area contributed by atoms with Crippen molar-refractivity contribution in [2.75, 3.05) is 52.5 Å². The Morgan fingerprint density at radius 1 is 1.03 bits per heavy atom. The fourth-order valence-electron chi connectivity index (χ4n) is 4.85. The molecule has 2 aromatic rings. The van der Waals surface area contributed by atoms with E-state index >= 15 is 0 Å². The third-order valence-corrected chi connectivity index (χ3v) is 6.93. The van der Waals surface area contributed by atoms with Gasteiger partial charge in [-0.2, -0.15) is 13.2 Å². The van der Waals surface area contributed by atoms with Gasteiger partial charge in [0, 0.05) is 57.3 Å². The predicted molar refractivity (Wildman–Crippen MR) is 122 cm³/mol. The van der Waals surface area contributed by atoms with Gasteiger partial charge in [-0.05, 0) is 24.1 Å². The molecule has 7 nitrogen and oxygen atoms in total. The van der Waals surface area contributed by atoms with Crippen LogP contribution in [0.3, 0.4) is 0 Å². The van der Waals surface area contributed by atoms with Gasteiger partial charge in [0.25, 0.3) is 0 Å². The van der Waals surface area contributed by atoms with Crippen molar-refractivity contribution in [3.63, 3.8) is 0 Å². The molecule has 5 rings (SSSR count). The van der Waals surface area contributed by atoms with E-state index in [9.17, 15) is 18.0 Å². The van der Waals surface area contributed by atoms with E-state index in [4.69, 9.17) is 4.74 Å². The van der Waals surface area contributed by atoms with E-state index in [0.29, 0.717) is 45.3 Å². The minimum Gasteiger partial charge on any atom is -0.378 e. The van der Waals surface area contributed by atoms with E-state index in [1.807, 2.05) is 11.2 Å². The number of ether oxygens (including phenoxy) is 1. The quantitative estimate of drug-likeness (QED) is 0.702. The number of halogens is 4. The van der Waals surface area contributed by atoms with E-state index in [1.54, 1.807) is 17.0 Å². The maximum atomic E-state index is 13.3. The van der Waals surface area contributed by atoms with Crippen LogP contribution in [0.2, 0.25) is 0 Å². The summed E-state index contributed by atoms with van der Waals surface area (Å²) < 4.78 is 46.6. The first-order chi connectivity index (χ1) is 15.9. The number of likely N-dealkylation sites (tertiary alicyclic amines) is 1. The highest BCUT2D eigenvalue weighted by atomic mass is 35.5. The fourth-order valence-corrected chi connectivity index (χ4v) is 4.85. The minimum atomic E-state index is -4.37. The molecule has 2 amide bonds. The van der Waals surface area contributed by atoms with Gasteiger partial charge in [-0.3, -0.25) is 0 Å². The number of rotatable bonds is 3. The minimum absolute atomic E-state index is 0. The number of imidazole rings is 1. The van der Waals surface area contributed by atoms with Crippen molar-refractivity contribution >= 4 is 18.4 Å². The zero-order chi connectivity index (χ0) is 23.0. The molecule has 0 spiro atoms. The number of benzene rings is 1. The molecule has 11 heteroatoms. The molecule has 186 valence electrons. The van der Waals surface area contributed by atoms with Crippen LogP contribution in [-0.4, -0.2) is 77.9 Å². The van der Waals surface area contributed by atoms with Gasteiger partial charge in [0.2, 0.25) is 0 Å². The summed E-state index contributed by atoms with van der Waals surface area (Å²) >= 11 is 0. The van der Waals surface area contributed by atoms with Crippen molar-refractivity contribution in [1.82, 2.24) is 24.7 Å². The molecular formula is C23H29ClF3N5O2. The molecule has 3 aliphatic heterocycles. The van der Waals surface area contributed by atoms with Crippen LogP contribution < -0.4 is 5.32 Å². The number of hydrogen-bond acceptors (Lipinski definition) is 4. The number of nitrogens with zero attached hydrogens (tertiary/aromatic N) is 4. The normalized spacial score (nSPS) is 23.9. The Morgan fingerprint density at radius 3 is 2.35 bits per heavy atom. The second-order valence-corrected chi connectivity index (χ2v) is 9.09. The zero-order valence-corrected chi connectivity index (χ0v) is 19.5. The Hall–Kier alpha value is -2.30. The number of amides is 2. The Kier molecular flexibility index (Phi) is 7.39. The van der Waals surface area contributed by atoms with Gasteiger partial charge in [0.05, 0.1) is 36.8 Å². The summed E-state index contributed by atoms with van der Waals surface area (Å²) in [5.41, 5.74) is 1.20. The molecule has 2 unspecified atom stereocenters. The summed E-state index contributed by atoms with van der Waals surface area (Å²) in [5, 5.41) is 3.25. The smallest absolute Gasteiger partial charge is 0.378 e. The van der Waals surface area contributed by atoms with Crippen LogP contribution in [0.1, 0.15) is 41.1 Å². The van der Waals surface area contributed by atoms with Gasteiger partial charge in [-0.1, -0.05) is 12.1 Å². The van der Waals surface area contributed by atoms with Crippen molar-refractivity contribution in [3.8, 4) is 0 Å². The first-order valence-corrected chi connectivity index (χ1v) is 11.4. The molecule has 3 saturated heterocycles. The van der Waals surface area contributed by atoms with E-state index in [0.717, 1.165) is 42.9 Å². The number of hydrogen-bond donors (Lipinski definition) is 1. The lowest BCUT2D eigenvalue weighted by Crippen LogP contribution is -2.52. The van der Waals surface area contributed by atoms with E-state index in [-0.39, 0.29) is 30.4 Å². The second kappa shape index (κ2) is 10.1. The van der Waals surface area contributed by atoms with Crippen LogP contribution in [-0.2, 0) is 10.9 Å². The first kappa shape index (κ1) is 24.8. The lowest BCUT2D eigenvalue weighted by atomic mass is 9.87. The maximum absolute atomic E-state index is 13.3. The van der Waals surface area contributed by atoms with Crippen molar-refractivity contribution < 1.29 is 22.7 Å². The van der Waals surface area contributed by atoms with Crippen molar-refractivity contribution in [2.24, 2.45) is 0 Å². The summed E-state index contributed by atoms with van der Waals surface area (Å²) in [7, 11) is 0. The third-order valence-electron chi connectivity index (χ3n) is 6.93. The molecule has 0 saturated carbocycles. The predicted octanol–water partition coefficient (Wildman–Crippen LogP) is 3.49. The summed E-state index contributed by atoms with van der Waals surface area (Å²) in [5.74, 6) is 0.346. The number of nitrogens with one attached hydrogen (secondary N) is 1. The molecule has 1 N–H and O–H groups in total. The molecule has 0 radical (unpaired) electrons. The van der Waals surface area contributed by atoms with E-state index in [1.165, 1.54) is 0 Å². The van der Waals surface area contributed by atoms with Crippen LogP contribution in [0, 0.1) is 0 Å². The fraction of sp³-hybridized carbons (Fsp3) is 0.565. The number of carbonyl (C=O) groups excluding carboxylic acids is 1. The molecule has 1 aromatic carbocycles. The summed E-state index contributed by atoms with van der Waals surface area (Å²) in [6.45, 7) is 4.99. The molecule has 3 fully saturated rings. The summed E-state index contributed by atoms with van der Waals surface area (Å²) in [4.78, 5) is 21.5. The Bertz CT molecular complexity index is 974. The Morgan fingerprint density at radius 2 is 1.74 bits per heavy atom. The SMILES string of the molecule is Cl.O=C(N1CCOCC1)N1CC(c2ccc(C(F)(F)F)cc2)CC(n2cnc(C3CNC3)c2)C1. The Balaban J connectivity index is 0.00000274. The highest BCUT2D eigenvalue weighted by Crippen LogP contribution is 2.36. The lowest BCUT2D eigenvalue weighted by molar-refractivity contribution is -0.137. The van der Waals surface area contributed by atoms with Gasteiger partial charge in [0.15, 0.2) is 0 Å². The highest BCUT2D eigenvalue weighted by Gasteiger charge is 2.35. The Labute approximate surface area is 202 Å². The number of alkyl halides is 3. The molecule has 1 aromatic heterocycles. The molecule has 3 aliphatic rings. The molecule has 0 bridgehead atoms. The molecular weight excluding hydrogens is 471 g/mol. The summed E-state index contributed by atoms with van der Waals surface area (Å²) in [6.07, 6.45) is 0.250. The van der Waals surface area contributed by atoms with Crippen LogP contribution in [0.15, 0.2) is 36.8 Å². The summed E-state index contributed by atoms with van der Waals surface area (Å²) in [6, 6.07) is 5.32.